The minimum atomic E-state index is 0. The van der Waals surface area contributed by atoms with E-state index in [1.165, 1.54) is 27.8 Å². The topological polar surface area (TPSA) is 180 Å². The average Bonchev–Trinajstić information content (AvgIpc) is 0.908. The van der Waals surface area contributed by atoms with E-state index in [0.717, 1.165) is 115 Å². The summed E-state index contributed by atoms with van der Waals surface area (Å²) in [5.41, 5.74) is 16.2. The van der Waals surface area contributed by atoms with Gasteiger partial charge >= 0.3 is 0 Å². The number of hydrogen-bond acceptors (Lipinski definition) is 14. The molecule has 0 radical (unpaired) electrons. The molecule has 0 atom stereocenters. The van der Waals surface area contributed by atoms with Crippen LogP contribution in [0.1, 0.15) is 301 Å². The summed E-state index contributed by atoms with van der Waals surface area (Å²) in [7, 11) is 0. The number of rotatable bonds is 9. The van der Waals surface area contributed by atoms with Gasteiger partial charge in [-0.05, 0) is 175 Å². The lowest BCUT2D eigenvalue weighted by molar-refractivity contribution is 0.919. The summed E-state index contributed by atoms with van der Waals surface area (Å²) < 4.78 is 0. The highest BCUT2D eigenvalue weighted by Gasteiger charge is 2.00. The fraction of sp³-hybridized carbons (Fsp3) is 0.535. The van der Waals surface area contributed by atoms with Crippen LogP contribution in [-0.2, 0) is 57.8 Å². The molecule has 0 amide bonds. The Balaban J connectivity index is -0.0000000842. The third-order valence-corrected chi connectivity index (χ3v) is 11.6. The minimum absolute atomic E-state index is 0. The third kappa shape index (κ3) is 72.7. The summed E-state index contributed by atoms with van der Waals surface area (Å²) in [5.74, 6) is 0.910. The second kappa shape index (κ2) is 102. The molecule has 0 aliphatic carbocycles. The van der Waals surface area contributed by atoms with Crippen molar-refractivity contribution in [1.82, 2.24) is 70.2 Å². The van der Waals surface area contributed by atoms with E-state index in [0.29, 0.717) is 0 Å². The van der Waals surface area contributed by atoms with E-state index < -0.39 is 0 Å². The highest BCUT2D eigenvalue weighted by atomic mass is 15.1. The van der Waals surface area contributed by atoms with Gasteiger partial charge in [-0.3, -0.25) is 29.9 Å². The largest absolute Gasteiger partial charge is 0.264 e. The Labute approximate surface area is 620 Å². The molecule has 0 bridgehead atoms. The fourth-order valence-electron chi connectivity index (χ4n) is 6.11. The molecule has 570 valence electrons. The zero-order valence-electron chi connectivity index (χ0n) is 69.6. The maximum Gasteiger partial charge on any atom is 0.127 e. The number of aromatic nitrogens is 14. The lowest BCUT2D eigenvalue weighted by Gasteiger charge is -2.01. The van der Waals surface area contributed by atoms with Crippen molar-refractivity contribution in [3.63, 3.8) is 0 Å². The van der Waals surface area contributed by atoms with Crippen LogP contribution in [0.4, 0.5) is 0 Å². The molecule has 9 rings (SSSR count). The molecule has 14 nitrogen and oxygen atoms in total. The SMILES string of the molecule is C.C.CC.CC.CC.CC.CC.CC.CC.CC.CC.CC.CCc1ccccn1.CCc1ccccn1.CCc1cccnc1.CCc1cccnc1.CCc1cccnn1.CCc1cnc(C)c(C)n1.CCc1cnnc(C)c1C.CCc1ncccn1.CCc1ncnc(C)c1C. The Morgan fingerprint density at radius 2 is 0.690 bits per heavy atom. The maximum atomic E-state index is 4.33. The molecule has 0 spiro atoms. The zero-order valence-corrected chi connectivity index (χ0v) is 69.6. The first-order chi connectivity index (χ1) is 47.8. The molecule has 0 aromatic carbocycles. The Morgan fingerprint density at radius 3 is 0.960 bits per heavy atom. The number of nitrogens with zero attached hydrogens (tertiary/aromatic N) is 14. The van der Waals surface area contributed by atoms with Gasteiger partial charge in [-0.1, -0.05) is 240 Å². The van der Waals surface area contributed by atoms with Gasteiger partial charge in [0, 0.05) is 91.2 Å². The summed E-state index contributed by atoms with van der Waals surface area (Å²) in [4.78, 5) is 40.8. The van der Waals surface area contributed by atoms with E-state index in [9.17, 15) is 0 Å². The van der Waals surface area contributed by atoms with Gasteiger partial charge in [0.1, 0.15) is 12.2 Å². The molecule has 100 heavy (non-hydrogen) atoms. The van der Waals surface area contributed by atoms with Crippen molar-refractivity contribution in [2.45, 2.75) is 315 Å². The van der Waals surface area contributed by atoms with Gasteiger partial charge in [0.2, 0.25) is 0 Å². The molecule has 0 aliphatic heterocycles. The first kappa shape index (κ1) is 119. The molecule has 14 heteroatoms. The predicted molar refractivity (Wildman–Crippen MR) is 447 cm³/mol. The van der Waals surface area contributed by atoms with E-state index >= 15 is 0 Å². The van der Waals surface area contributed by atoms with Crippen LogP contribution >= 0.6 is 0 Å². The third-order valence-electron chi connectivity index (χ3n) is 11.6. The van der Waals surface area contributed by atoms with Gasteiger partial charge < -0.3 is 0 Å². The van der Waals surface area contributed by atoms with Crippen LogP contribution in [0.2, 0.25) is 0 Å². The van der Waals surface area contributed by atoms with E-state index in [4.69, 9.17) is 0 Å². The van der Waals surface area contributed by atoms with Crippen LogP contribution < -0.4 is 0 Å². The maximum absolute atomic E-state index is 4.33. The average molecular weight is 1390 g/mol. The molecule has 0 saturated heterocycles. The van der Waals surface area contributed by atoms with Gasteiger partial charge in [-0.2, -0.15) is 20.4 Å². The van der Waals surface area contributed by atoms with Gasteiger partial charge in [0.25, 0.3) is 0 Å². The van der Waals surface area contributed by atoms with Crippen molar-refractivity contribution in [2.24, 2.45) is 0 Å². The second-order valence-electron chi connectivity index (χ2n) is 17.1. The van der Waals surface area contributed by atoms with Gasteiger partial charge in [-0.15, -0.1) is 0 Å². The molecule has 0 N–H and O–H groups in total. The Morgan fingerprint density at radius 1 is 0.270 bits per heavy atom. The van der Waals surface area contributed by atoms with E-state index in [2.05, 4.69) is 152 Å². The number of hydrogen-bond donors (Lipinski definition) is 0. The molecule has 0 fully saturated rings. The van der Waals surface area contributed by atoms with E-state index in [1.807, 2.05) is 277 Å². The summed E-state index contributed by atoms with van der Waals surface area (Å²) >= 11 is 0. The lowest BCUT2D eigenvalue weighted by Crippen LogP contribution is -1.96. The molecular weight excluding hydrogens is 1230 g/mol. The van der Waals surface area contributed by atoms with Gasteiger partial charge in [0.05, 0.1) is 34.7 Å². The lowest BCUT2D eigenvalue weighted by atomic mass is 10.1. The van der Waals surface area contributed by atoms with E-state index in [1.54, 1.807) is 37.3 Å². The summed E-state index contributed by atoms with van der Waals surface area (Å²) in [6, 6.07) is 25.7. The summed E-state index contributed by atoms with van der Waals surface area (Å²) in [6.07, 6.45) is 30.6. The fourth-order valence-corrected chi connectivity index (χ4v) is 6.11. The molecule has 0 aliphatic rings. The van der Waals surface area contributed by atoms with Crippen molar-refractivity contribution in [3.8, 4) is 0 Å². The van der Waals surface area contributed by atoms with Crippen molar-refractivity contribution in [2.75, 3.05) is 0 Å². The molecular formula is C86H156N14. The van der Waals surface area contributed by atoms with Crippen LogP contribution in [0.3, 0.4) is 0 Å². The van der Waals surface area contributed by atoms with Crippen LogP contribution in [-0.4, -0.2) is 70.2 Å². The minimum Gasteiger partial charge on any atom is -0.264 e. The van der Waals surface area contributed by atoms with Crippen molar-refractivity contribution in [1.29, 1.82) is 0 Å². The van der Waals surface area contributed by atoms with Crippen molar-refractivity contribution < 1.29 is 0 Å². The zero-order chi connectivity index (χ0) is 77.6. The highest BCUT2D eigenvalue weighted by Crippen LogP contribution is 2.09. The van der Waals surface area contributed by atoms with Crippen molar-refractivity contribution in [3.05, 3.63) is 238 Å². The summed E-state index contributed by atoms with van der Waals surface area (Å²) in [6.45, 7) is 71.0. The highest BCUT2D eigenvalue weighted by molar-refractivity contribution is 5.25. The normalized spacial score (nSPS) is 7.95. The number of pyridine rings is 4. The van der Waals surface area contributed by atoms with Crippen LogP contribution in [0.15, 0.2) is 153 Å². The quantitative estimate of drug-likeness (QED) is 0.133. The van der Waals surface area contributed by atoms with Crippen LogP contribution in [0.5, 0.6) is 0 Å². The summed E-state index contributed by atoms with van der Waals surface area (Å²) in [5, 5.41) is 15.4. The smallest absolute Gasteiger partial charge is 0.127 e. The Hall–Kier alpha value is -8.00. The molecule has 0 unspecified atom stereocenters. The molecule has 9 heterocycles. The van der Waals surface area contributed by atoms with E-state index in [-0.39, 0.29) is 14.9 Å². The molecule has 9 aromatic heterocycles. The van der Waals surface area contributed by atoms with Gasteiger partial charge in [-0.25, -0.2) is 19.9 Å². The first-order valence-corrected chi connectivity index (χ1v) is 37.3. The Kier molecular flexibility index (Phi) is 121. The predicted octanol–water partition coefficient (Wildman–Crippen LogP) is 25.2. The number of aryl methyl sites for hydroxylation is 13. The van der Waals surface area contributed by atoms with Gasteiger partial charge in [0.15, 0.2) is 0 Å². The Bertz CT molecular complexity index is 2460. The first-order valence-electron chi connectivity index (χ1n) is 37.3. The standard InChI is InChI=1S/3C8H12N2.4C7H9N.2C6H8N2.10C2H6.2CH4/c1-4-8-6(2)7(3)9-5-10-8;1-4-8-5-9-6(2)7(3)10-8;1-4-8-5-9-10-7(3)6(8)2;2*1-2-7-4-3-5-8-6-7;2*1-2-7-5-3-4-6-8-7;1-2-6-7-4-3-5-8-6;1-2-6-4-3-5-7-8-6;10*1-2;;/h3*5H,4H2,1-3H3;4*3-6H,2H2,1H3;2*3-5H,2H2,1H3;10*1-2H3;2*1H4. The molecule has 9 aromatic rings. The van der Waals surface area contributed by atoms with Crippen LogP contribution in [0, 0.1) is 41.5 Å². The monoisotopic (exact) mass is 1390 g/mol. The second-order valence-corrected chi connectivity index (χ2v) is 17.1. The van der Waals surface area contributed by atoms with Crippen LogP contribution in [0.25, 0.3) is 0 Å². The van der Waals surface area contributed by atoms with Crippen molar-refractivity contribution >= 4 is 0 Å². The molecule has 0 saturated carbocycles.